The Morgan fingerprint density at radius 3 is 2.06 bits per heavy atom. The standard InChI is InChI=1S/C10H8OS.H4N2O2S/c1-2-5-9(6-3-1)11-10-7-4-8-12-10;1-5(2,3)4/h1-8H;(H4,1,2,3,4). The summed E-state index contributed by atoms with van der Waals surface area (Å²) < 4.78 is 23.9. The molecule has 0 saturated carbocycles. The summed E-state index contributed by atoms with van der Waals surface area (Å²) in [6.45, 7) is 0. The van der Waals surface area contributed by atoms with Crippen molar-refractivity contribution in [1.29, 1.82) is 0 Å². The molecule has 4 N–H and O–H groups in total. The second-order valence-electron chi connectivity index (χ2n) is 2.94. The number of thiophene rings is 1. The van der Waals surface area contributed by atoms with Gasteiger partial charge in [0, 0.05) is 0 Å². The van der Waals surface area contributed by atoms with Crippen molar-refractivity contribution in [3.05, 3.63) is 47.8 Å². The van der Waals surface area contributed by atoms with E-state index in [-0.39, 0.29) is 0 Å². The number of benzene rings is 1. The molecule has 1 heterocycles. The van der Waals surface area contributed by atoms with E-state index in [1.807, 2.05) is 47.8 Å². The van der Waals surface area contributed by atoms with Gasteiger partial charge in [-0.05, 0) is 29.6 Å². The molecule has 0 saturated heterocycles. The van der Waals surface area contributed by atoms with E-state index < -0.39 is 10.2 Å². The van der Waals surface area contributed by atoms with E-state index in [1.165, 1.54) is 0 Å². The molecule has 17 heavy (non-hydrogen) atoms. The summed E-state index contributed by atoms with van der Waals surface area (Å²) in [6.07, 6.45) is 0. The first-order chi connectivity index (χ1) is 7.95. The van der Waals surface area contributed by atoms with E-state index in [0.29, 0.717) is 0 Å². The topological polar surface area (TPSA) is 95.4 Å². The highest BCUT2D eigenvalue weighted by Crippen LogP contribution is 2.25. The van der Waals surface area contributed by atoms with Gasteiger partial charge in [0.05, 0.1) is 0 Å². The van der Waals surface area contributed by atoms with Gasteiger partial charge in [0.15, 0.2) is 5.06 Å². The fourth-order valence-corrected chi connectivity index (χ4v) is 1.52. The Labute approximate surface area is 104 Å². The van der Waals surface area contributed by atoms with Gasteiger partial charge >= 0.3 is 0 Å². The summed E-state index contributed by atoms with van der Waals surface area (Å²) in [5.74, 6) is 0.889. The van der Waals surface area contributed by atoms with Crippen LogP contribution in [-0.4, -0.2) is 8.42 Å². The number of rotatable bonds is 2. The molecule has 1 aromatic carbocycles. The highest BCUT2D eigenvalue weighted by molar-refractivity contribution is 7.86. The van der Waals surface area contributed by atoms with E-state index >= 15 is 0 Å². The third-order valence-electron chi connectivity index (χ3n) is 1.46. The van der Waals surface area contributed by atoms with Gasteiger partial charge in [-0.3, -0.25) is 0 Å². The zero-order valence-corrected chi connectivity index (χ0v) is 10.4. The lowest BCUT2D eigenvalue weighted by Gasteiger charge is -2.00. The fraction of sp³-hybridized carbons (Fsp3) is 0. The van der Waals surface area contributed by atoms with E-state index in [0.717, 1.165) is 10.8 Å². The molecule has 0 aliphatic rings. The quantitative estimate of drug-likeness (QED) is 0.870. The maximum absolute atomic E-state index is 9.19. The third-order valence-corrected chi connectivity index (χ3v) is 2.20. The van der Waals surface area contributed by atoms with Crippen LogP contribution in [0.4, 0.5) is 0 Å². The molecule has 5 nitrogen and oxygen atoms in total. The van der Waals surface area contributed by atoms with Crippen LogP contribution in [-0.2, 0) is 10.2 Å². The molecule has 0 atom stereocenters. The molecule has 0 unspecified atom stereocenters. The average molecular weight is 272 g/mol. The second-order valence-corrected chi connectivity index (χ2v) is 5.02. The number of nitrogens with two attached hydrogens (primary N) is 2. The van der Waals surface area contributed by atoms with Crippen molar-refractivity contribution in [2.24, 2.45) is 10.3 Å². The summed E-state index contributed by atoms with van der Waals surface area (Å²) in [5, 5.41) is 11.1. The van der Waals surface area contributed by atoms with Crippen molar-refractivity contribution in [2.75, 3.05) is 0 Å². The first-order valence-electron chi connectivity index (χ1n) is 4.52. The zero-order chi connectivity index (χ0) is 12.7. The van der Waals surface area contributed by atoms with Crippen LogP contribution in [0.5, 0.6) is 10.8 Å². The van der Waals surface area contributed by atoms with Gasteiger partial charge in [-0.15, -0.1) is 11.3 Å². The molecule has 1 aromatic heterocycles. The first-order valence-corrected chi connectivity index (χ1v) is 7.01. The number of hydrogen-bond donors (Lipinski definition) is 2. The minimum absolute atomic E-state index is 0.889. The number of ether oxygens (including phenoxy) is 1. The molecular formula is C10H12N2O3S2. The average Bonchev–Trinajstić information content (AvgIpc) is 2.69. The summed E-state index contributed by atoms with van der Waals surface area (Å²) in [4.78, 5) is 0. The Morgan fingerprint density at radius 1 is 1.00 bits per heavy atom. The Bertz CT molecular complexity index is 516. The van der Waals surface area contributed by atoms with Gasteiger partial charge in [-0.25, -0.2) is 10.3 Å². The predicted octanol–water partition coefficient (Wildman–Crippen LogP) is 1.69. The Kier molecular flexibility index (Phi) is 5.11. The molecule has 7 heteroatoms. The van der Waals surface area contributed by atoms with Crippen LogP contribution in [0.25, 0.3) is 0 Å². The van der Waals surface area contributed by atoms with Gasteiger partial charge in [-0.2, -0.15) is 8.42 Å². The van der Waals surface area contributed by atoms with E-state index in [4.69, 9.17) is 4.74 Å². The molecule has 0 aliphatic carbocycles. The predicted molar refractivity (Wildman–Crippen MR) is 68.1 cm³/mol. The van der Waals surface area contributed by atoms with Crippen molar-refractivity contribution in [3.8, 4) is 10.8 Å². The summed E-state index contributed by atoms with van der Waals surface area (Å²) in [5.41, 5.74) is 0. The van der Waals surface area contributed by atoms with E-state index in [2.05, 4.69) is 10.3 Å². The summed E-state index contributed by atoms with van der Waals surface area (Å²) >= 11 is 1.60. The minimum Gasteiger partial charge on any atom is -0.447 e. The van der Waals surface area contributed by atoms with Crippen LogP contribution in [0.1, 0.15) is 0 Å². The Balaban J connectivity index is 0.000000249. The van der Waals surface area contributed by atoms with Crippen molar-refractivity contribution >= 4 is 21.5 Å². The molecule has 0 spiro atoms. The molecule has 0 amide bonds. The monoisotopic (exact) mass is 272 g/mol. The van der Waals surface area contributed by atoms with E-state index in [9.17, 15) is 8.42 Å². The molecule has 92 valence electrons. The van der Waals surface area contributed by atoms with Gasteiger partial charge in [-0.1, -0.05) is 18.2 Å². The van der Waals surface area contributed by atoms with Crippen LogP contribution in [0.15, 0.2) is 47.8 Å². The fourth-order valence-electron chi connectivity index (χ4n) is 0.926. The lowest BCUT2D eigenvalue weighted by Crippen LogP contribution is -2.21. The maximum Gasteiger partial charge on any atom is 0.271 e. The molecule has 0 bridgehead atoms. The van der Waals surface area contributed by atoms with E-state index in [1.54, 1.807) is 11.3 Å². The number of para-hydroxylation sites is 1. The molecule has 0 radical (unpaired) electrons. The highest BCUT2D eigenvalue weighted by atomic mass is 32.2. The first kappa shape index (κ1) is 13.7. The van der Waals surface area contributed by atoms with Gasteiger partial charge in [0.1, 0.15) is 5.75 Å². The van der Waals surface area contributed by atoms with Gasteiger partial charge in [0.2, 0.25) is 0 Å². The molecular weight excluding hydrogens is 260 g/mol. The van der Waals surface area contributed by atoms with Crippen LogP contribution >= 0.6 is 11.3 Å². The van der Waals surface area contributed by atoms with Crippen LogP contribution in [0.2, 0.25) is 0 Å². The highest BCUT2D eigenvalue weighted by Gasteiger charge is 1.94. The smallest absolute Gasteiger partial charge is 0.271 e. The SMILES string of the molecule is NS(N)(=O)=O.c1ccc(Oc2cccs2)cc1. The van der Waals surface area contributed by atoms with Crippen LogP contribution < -0.4 is 15.0 Å². The van der Waals surface area contributed by atoms with Crippen molar-refractivity contribution in [1.82, 2.24) is 0 Å². The maximum atomic E-state index is 9.19. The molecule has 2 rings (SSSR count). The van der Waals surface area contributed by atoms with Gasteiger partial charge in [0.25, 0.3) is 10.2 Å². The summed E-state index contributed by atoms with van der Waals surface area (Å²) in [6, 6.07) is 13.7. The third kappa shape index (κ3) is 7.47. The number of hydrogen-bond acceptors (Lipinski definition) is 4. The Morgan fingerprint density at radius 2 is 1.59 bits per heavy atom. The molecule has 0 aliphatic heterocycles. The normalized spacial score (nSPS) is 10.2. The minimum atomic E-state index is -3.67. The van der Waals surface area contributed by atoms with Crippen molar-refractivity contribution in [3.63, 3.8) is 0 Å². The van der Waals surface area contributed by atoms with Crippen LogP contribution in [0.3, 0.4) is 0 Å². The van der Waals surface area contributed by atoms with Gasteiger partial charge < -0.3 is 4.74 Å². The largest absolute Gasteiger partial charge is 0.447 e. The van der Waals surface area contributed by atoms with Crippen molar-refractivity contribution in [2.45, 2.75) is 0 Å². The Hall–Kier alpha value is -1.41. The van der Waals surface area contributed by atoms with Crippen LogP contribution in [0, 0.1) is 0 Å². The lowest BCUT2D eigenvalue weighted by atomic mass is 10.3. The second kappa shape index (κ2) is 6.36. The molecule has 2 aromatic rings. The van der Waals surface area contributed by atoms with Crippen molar-refractivity contribution < 1.29 is 13.2 Å². The zero-order valence-electron chi connectivity index (χ0n) is 8.81. The summed E-state index contributed by atoms with van der Waals surface area (Å²) in [7, 11) is -3.67. The molecule has 0 fully saturated rings. The lowest BCUT2D eigenvalue weighted by molar-refractivity contribution is 0.496.